The summed E-state index contributed by atoms with van der Waals surface area (Å²) in [6.45, 7) is 0. The maximum absolute atomic E-state index is 12.6. The molecule has 1 amide bonds. The number of carbonyl (C=O) groups is 1. The van der Waals surface area contributed by atoms with E-state index in [-0.39, 0.29) is 17.9 Å². The molecule has 0 unspecified atom stereocenters. The number of rotatable bonds is 4. The largest absolute Gasteiger partial charge is 0.390 e. The molecule has 0 radical (unpaired) electrons. The zero-order chi connectivity index (χ0) is 19.5. The summed E-state index contributed by atoms with van der Waals surface area (Å²) in [5.74, 6) is 0.126. The SMILES string of the molecule is CO[C@@H]1O[C@@H]2CC[C@H](c3ccccc3)C[C@@H]2[C@@H](O)[C@H]1NC(=O)c1ccccc1. The van der Waals surface area contributed by atoms with Crippen LogP contribution in [0.5, 0.6) is 0 Å². The van der Waals surface area contributed by atoms with Crippen LogP contribution in [0.1, 0.15) is 41.1 Å². The Balaban J connectivity index is 1.50. The number of aliphatic hydroxyl groups excluding tert-OH is 1. The zero-order valence-corrected chi connectivity index (χ0v) is 16.0. The summed E-state index contributed by atoms with van der Waals surface area (Å²) < 4.78 is 11.6. The first-order chi connectivity index (χ1) is 13.7. The van der Waals surface area contributed by atoms with Gasteiger partial charge < -0.3 is 19.9 Å². The van der Waals surface area contributed by atoms with Crippen LogP contribution in [0.2, 0.25) is 0 Å². The van der Waals surface area contributed by atoms with E-state index in [0.29, 0.717) is 11.5 Å². The minimum absolute atomic E-state index is 0.0357. The second kappa shape index (κ2) is 8.43. The third-order valence-electron chi connectivity index (χ3n) is 6.08. The van der Waals surface area contributed by atoms with E-state index >= 15 is 0 Å². The molecular formula is C23H27NO4. The number of nitrogens with one attached hydrogen (secondary N) is 1. The van der Waals surface area contributed by atoms with Gasteiger partial charge in [-0.15, -0.1) is 0 Å². The van der Waals surface area contributed by atoms with Crippen molar-refractivity contribution >= 4 is 5.91 Å². The standard InChI is InChI=1S/C23H27NO4/c1-27-23-20(24-22(26)16-10-6-3-7-11-16)21(25)18-14-17(12-13-19(18)28-23)15-8-4-2-5-9-15/h2-11,17-21,23,25H,12-14H2,1H3,(H,24,26)/t17-,18-,19+,20+,21+,23+/m0/s1. The van der Waals surface area contributed by atoms with Gasteiger partial charge in [0.05, 0.1) is 12.2 Å². The molecule has 4 rings (SSSR count). The minimum atomic E-state index is -0.720. The van der Waals surface area contributed by atoms with Crippen LogP contribution >= 0.6 is 0 Å². The van der Waals surface area contributed by atoms with E-state index in [1.54, 1.807) is 19.2 Å². The van der Waals surface area contributed by atoms with Gasteiger partial charge >= 0.3 is 0 Å². The van der Waals surface area contributed by atoms with Crippen LogP contribution in [0.3, 0.4) is 0 Å². The first-order valence-electron chi connectivity index (χ1n) is 9.94. The van der Waals surface area contributed by atoms with Crippen LogP contribution < -0.4 is 5.32 Å². The summed E-state index contributed by atoms with van der Waals surface area (Å²) >= 11 is 0. The Labute approximate surface area is 165 Å². The Morgan fingerprint density at radius 1 is 1.07 bits per heavy atom. The number of fused-ring (bicyclic) bond motifs is 1. The summed E-state index contributed by atoms with van der Waals surface area (Å²) in [6.07, 6.45) is 1.31. The highest BCUT2D eigenvalue weighted by molar-refractivity contribution is 5.94. The molecule has 1 aliphatic heterocycles. The Morgan fingerprint density at radius 3 is 2.43 bits per heavy atom. The molecule has 1 saturated heterocycles. The van der Waals surface area contributed by atoms with Crippen LogP contribution in [0.4, 0.5) is 0 Å². The van der Waals surface area contributed by atoms with E-state index < -0.39 is 18.4 Å². The van der Waals surface area contributed by atoms with Crippen molar-refractivity contribution in [2.24, 2.45) is 5.92 Å². The maximum atomic E-state index is 12.6. The van der Waals surface area contributed by atoms with Gasteiger partial charge in [0.2, 0.25) is 0 Å². The van der Waals surface area contributed by atoms with Gasteiger partial charge in [0.25, 0.3) is 5.91 Å². The number of ether oxygens (including phenoxy) is 2. The molecule has 0 aromatic heterocycles. The predicted molar refractivity (Wildman–Crippen MR) is 106 cm³/mol. The van der Waals surface area contributed by atoms with Crippen molar-refractivity contribution in [1.29, 1.82) is 0 Å². The number of aliphatic hydroxyl groups is 1. The fourth-order valence-corrected chi connectivity index (χ4v) is 4.60. The Hall–Kier alpha value is -2.21. The molecule has 0 spiro atoms. The quantitative estimate of drug-likeness (QED) is 0.854. The molecule has 28 heavy (non-hydrogen) atoms. The topological polar surface area (TPSA) is 67.8 Å². The lowest BCUT2D eigenvalue weighted by molar-refractivity contribution is -0.248. The maximum Gasteiger partial charge on any atom is 0.251 e. The summed E-state index contributed by atoms with van der Waals surface area (Å²) in [6, 6.07) is 18.8. The normalized spacial score (nSPS) is 32.4. The lowest BCUT2D eigenvalue weighted by Gasteiger charge is -2.48. The molecular weight excluding hydrogens is 354 g/mol. The summed E-state index contributed by atoms with van der Waals surface area (Å²) in [7, 11) is 1.55. The van der Waals surface area contributed by atoms with Crippen LogP contribution in [0.15, 0.2) is 60.7 Å². The highest BCUT2D eigenvalue weighted by Crippen LogP contribution is 2.43. The van der Waals surface area contributed by atoms with Crippen molar-refractivity contribution in [3.8, 4) is 0 Å². The molecule has 1 heterocycles. The summed E-state index contributed by atoms with van der Waals surface area (Å²) in [5, 5.41) is 14.1. The monoisotopic (exact) mass is 381 g/mol. The van der Waals surface area contributed by atoms with Gasteiger partial charge in [0.15, 0.2) is 6.29 Å². The third-order valence-corrected chi connectivity index (χ3v) is 6.08. The van der Waals surface area contributed by atoms with Crippen molar-refractivity contribution in [2.45, 2.75) is 49.7 Å². The summed E-state index contributed by atoms with van der Waals surface area (Å²) in [4.78, 5) is 12.6. The predicted octanol–water partition coefficient (Wildman–Crippen LogP) is 3.10. The number of methoxy groups -OCH3 is 1. The van der Waals surface area contributed by atoms with Crippen LogP contribution in [-0.2, 0) is 9.47 Å². The number of carbonyl (C=O) groups excluding carboxylic acids is 1. The molecule has 2 aliphatic rings. The van der Waals surface area contributed by atoms with Crippen molar-refractivity contribution < 1.29 is 19.4 Å². The Kier molecular flexibility index (Phi) is 5.76. The van der Waals surface area contributed by atoms with Gasteiger partial charge in [0.1, 0.15) is 6.04 Å². The van der Waals surface area contributed by atoms with Crippen molar-refractivity contribution in [2.75, 3.05) is 7.11 Å². The van der Waals surface area contributed by atoms with Gasteiger partial charge in [-0.2, -0.15) is 0 Å². The molecule has 2 aromatic carbocycles. The van der Waals surface area contributed by atoms with E-state index in [4.69, 9.17) is 9.47 Å². The minimum Gasteiger partial charge on any atom is -0.390 e. The van der Waals surface area contributed by atoms with Crippen molar-refractivity contribution in [3.05, 3.63) is 71.8 Å². The number of amides is 1. The van der Waals surface area contributed by atoms with E-state index in [9.17, 15) is 9.90 Å². The second-order valence-electron chi connectivity index (χ2n) is 7.72. The average molecular weight is 381 g/mol. The van der Waals surface area contributed by atoms with Crippen molar-refractivity contribution in [3.63, 3.8) is 0 Å². The molecule has 5 heteroatoms. The average Bonchev–Trinajstić information content (AvgIpc) is 2.76. The number of hydrogen-bond acceptors (Lipinski definition) is 4. The van der Waals surface area contributed by atoms with Crippen molar-refractivity contribution in [1.82, 2.24) is 5.32 Å². The van der Waals surface area contributed by atoms with E-state index in [2.05, 4.69) is 29.6 Å². The van der Waals surface area contributed by atoms with Gasteiger partial charge in [-0.25, -0.2) is 0 Å². The Morgan fingerprint density at radius 2 is 1.75 bits per heavy atom. The lowest BCUT2D eigenvalue weighted by Crippen LogP contribution is -2.62. The fourth-order valence-electron chi connectivity index (χ4n) is 4.60. The van der Waals surface area contributed by atoms with E-state index in [1.807, 2.05) is 24.3 Å². The van der Waals surface area contributed by atoms with Gasteiger partial charge in [-0.3, -0.25) is 4.79 Å². The first kappa shape index (κ1) is 19.1. The second-order valence-corrected chi connectivity index (χ2v) is 7.72. The molecule has 148 valence electrons. The third kappa shape index (κ3) is 3.83. The summed E-state index contributed by atoms with van der Waals surface area (Å²) in [5.41, 5.74) is 1.85. The highest BCUT2D eigenvalue weighted by atomic mass is 16.7. The van der Waals surface area contributed by atoms with E-state index in [0.717, 1.165) is 19.3 Å². The van der Waals surface area contributed by atoms with Gasteiger partial charge in [-0.1, -0.05) is 48.5 Å². The number of benzene rings is 2. The molecule has 1 saturated carbocycles. The first-order valence-corrected chi connectivity index (χ1v) is 9.94. The van der Waals surface area contributed by atoms with Crippen LogP contribution in [0, 0.1) is 5.92 Å². The Bertz CT molecular complexity index is 782. The highest BCUT2D eigenvalue weighted by Gasteiger charge is 2.48. The molecule has 2 aromatic rings. The lowest BCUT2D eigenvalue weighted by atomic mass is 9.71. The number of hydrogen-bond donors (Lipinski definition) is 2. The van der Waals surface area contributed by atoms with Crippen LogP contribution in [-0.4, -0.2) is 42.7 Å². The fraction of sp³-hybridized carbons (Fsp3) is 0.435. The molecule has 5 nitrogen and oxygen atoms in total. The smallest absolute Gasteiger partial charge is 0.251 e. The van der Waals surface area contributed by atoms with Crippen LogP contribution in [0.25, 0.3) is 0 Å². The molecule has 2 fully saturated rings. The molecule has 0 bridgehead atoms. The molecule has 2 N–H and O–H groups in total. The van der Waals surface area contributed by atoms with Gasteiger partial charge in [-0.05, 0) is 42.9 Å². The van der Waals surface area contributed by atoms with Gasteiger partial charge in [0, 0.05) is 18.6 Å². The molecule has 6 atom stereocenters. The zero-order valence-electron chi connectivity index (χ0n) is 16.0. The molecule has 1 aliphatic carbocycles. The van der Waals surface area contributed by atoms with E-state index in [1.165, 1.54) is 5.56 Å².